The molecular formula is C14H18N2O6S. The van der Waals surface area contributed by atoms with E-state index in [0.29, 0.717) is 10.7 Å². The minimum Gasteiger partial charge on any atom is -0.480 e. The summed E-state index contributed by atoms with van der Waals surface area (Å²) in [6.07, 6.45) is 0.748. The minimum absolute atomic E-state index is 0.0351. The Balaban J connectivity index is 2.08. The topological polar surface area (TPSA) is 124 Å². The van der Waals surface area contributed by atoms with Crippen LogP contribution < -0.4 is 5.32 Å². The van der Waals surface area contributed by atoms with Crippen molar-refractivity contribution in [1.29, 1.82) is 0 Å². The Kier molecular flexibility index (Phi) is 5.34. The van der Waals surface area contributed by atoms with Crippen LogP contribution in [0.4, 0.5) is 0 Å². The zero-order chi connectivity index (χ0) is 17.0. The second kappa shape index (κ2) is 7.07. The van der Waals surface area contributed by atoms with Gasteiger partial charge in [-0.1, -0.05) is 30.3 Å². The van der Waals surface area contributed by atoms with E-state index >= 15 is 0 Å². The summed E-state index contributed by atoms with van der Waals surface area (Å²) in [7, 11) is -4.49. The third kappa shape index (κ3) is 4.50. The molecule has 3 N–H and O–H groups in total. The van der Waals surface area contributed by atoms with E-state index in [-0.39, 0.29) is 19.4 Å². The molecule has 1 unspecified atom stereocenters. The Hall–Kier alpha value is -1.97. The van der Waals surface area contributed by atoms with Gasteiger partial charge in [0.05, 0.1) is 0 Å². The molecule has 1 aliphatic rings. The SMILES string of the molecule is O=C(O)C(Cc1ccccc1)NC(=O)[C@@H]1CCCN1S(=O)(=O)O. The number of rotatable bonds is 6. The maximum atomic E-state index is 12.2. The quantitative estimate of drug-likeness (QED) is 0.628. The Labute approximate surface area is 134 Å². The van der Waals surface area contributed by atoms with Gasteiger partial charge in [-0.15, -0.1) is 0 Å². The lowest BCUT2D eigenvalue weighted by molar-refractivity contribution is -0.142. The molecule has 1 fully saturated rings. The van der Waals surface area contributed by atoms with Crippen LogP contribution in [0.1, 0.15) is 18.4 Å². The predicted molar refractivity (Wildman–Crippen MR) is 81.0 cm³/mol. The van der Waals surface area contributed by atoms with E-state index in [1.165, 1.54) is 0 Å². The van der Waals surface area contributed by atoms with Gasteiger partial charge in [0, 0.05) is 13.0 Å². The molecule has 1 aromatic carbocycles. The Morgan fingerprint density at radius 2 is 1.96 bits per heavy atom. The van der Waals surface area contributed by atoms with Crippen molar-refractivity contribution in [1.82, 2.24) is 9.62 Å². The number of carbonyl (C=O) groups excluding carboxylic acids is 1. The fourth-order valence-corrected chi connectivity index (χ4v) is 3.48. The molecule has 0 aromatic heterocycles. The number of aliphatic carboxylic acids is 1. The number of carbonyl (C=O) groups is 2. The molecule has 1 heterocycles. The van der Waals surface area contributed by atoms with Gasteiger partial charge in [-0.3, -0.25) is 9.35 Å². The van der Waals surface area contributed by atoms with Crippen LogP contribution in [0.5, 0.6) is 0 Å². The number of hydrogen-bond donors (Lipinski definition) is 3. The number of carboxylic acid groups (broad SMARTS) is 1. The molecule has 0 bridgehead atoms. The fourth-order valence-electron chi connectivity index (χ4n) is 2.60. The second-order valence-electron chi connectivity index (χ2n) is 5.34. The maximum absolute atomic E-state index is 12.2. The molecule has 2 rings (SSSR count). The number of nitrogens with zero attached hydrogens (tertiary/aromatic N) is 1. The number of amides is 1. The lowest BCUT2D eigenvalue weighted by atomic mass is 10.1. The molecule has 23 heavy (non-hydrogen) atoms. The first-order valence-electron chi connectivity index (χ1n) is 7.10. The van der Waals surface area contributed by atoms with E-state index in [0.717, 1.165) is 5.56 Å². The Morgan fingerprint density at radius 3 is 2.52 bits per heavy atom. The highest BCUT2D eigenvalue weighted by Gasteiger charge is 2.39. The standard InChI is InChI=1S/C14H18N2O6S/c17-13(12-7-4-8-16(12)23(20,21)22)15-11(14(18)19)9-10-5-2-1-3-6-10/h1-3,5-6,11-12H,4,7-9H2,(H,15,17)(H,18,19)(H,20,21,22)/t11?,12-/m0/s1. The van der Waals surface area contributed by atoms with Crippen molar-refractivity contribution in [2.75, 3.05) is 6.54 Å². The molecular weight excluding hydrogens is 324 g/mol. The highest BCUT2D eigenvalue weighted by atomic mass is 32.2. The molecule has 1 saturated heterocycles. The van der Waals surface area contributed by atoms with E-state index in [9.17, 15) is 23.1 Å². The molecule has 9 heteroatoms. The van der Waals surface area contributed by atoms with Crippen LogP contribution >= 0.6 is 0 Å². The van der Waals surface area contributed by atoms with Gasteiger partial charge in [0.15, 0.2) is 0 Å². The normalized spacial score (nSPS) is 20.1. The van der Waals surface area contributed by atoms with E-state index < -0.39 is 34.3 Å². The third-order valence-corrected chi connectivity index (χ3v) is 4.73. The van der Waals surface area contributed by atoms with Gasteiger partial charge in [0.2, 0.25) is 5.91 Å². The zero-order valence-electron chi connectivity index (χ0n) is 12.3. The number of benzene rings is 1. The average Bonchev–Trinajstić information content (AvgIpc) is 2.97. The summed E-state index contributed by atoms with van der Waals surface area (Å²) >= 11 is 0. The van der Waals surface area contributed by atoms with Crippen molar-refractivity contribution in [3.8, 4) is 0 Å². The summed E-state index contributed by atoms with van der Waals surface area (Å²) in [6, 6.07) is 6.53. The van der Waals surface area contributed by atoms with Crippen LogP contribution in [0.25, 0.3) is 0 Å². The fraction of sp³-hybridized carbons (Fsp3) is 0.429. The van der Waals surface area contributed by atoms with Crippen molar-refractivity contribution in [2.24, 2.45) is 0 Å². The smallest absolute Gasteiger partial charge is 0.336 e. The van der Waals surface area contributed by atoms with Crippen molar-refractivity contribution in [3.63, 3.8) is 0 Å². The summed E-state index contributed by atoms with van der Waals surface area (Å²) in [5.74, 6) is -1.93. The van der Waals surface area contributed by atoms with Crippen molar-refractivity contribution < 1.29 is 27.7 Å². The summed E-state index contributed by atoms with van der Waals surface area (Å²) in [4.78, 5) is 23.6. The first kappa shape index (κ1) is 17.4. The van der Waals surface area contributed by atoms with E-state index in [1.54, 1.807) is 30.3 Å². The monoisotopic (exact) mass is 342 g/mol. The highest BCUT2D eigenvalue weighted by Crippen LogP contribution is 2.20. The van der Waals surface area contributed by atoms with Crippen LogP contribution in [0.3, 0.4) is 0 Å². The van der Waals surface area contributed by atoms with Gasteiger partial charge in [-0.05, 0) is 18.4 Å². The van der Waals surface area contributed by atoms with Crippen LogP contribution in [-0.4, -0.2) is 52.9 Å². The predicted octanol–water partition coefficient (Wildman–Crippen LogP) is 0.0657. The van der Waals surface area contributed by atoms with Crippen molar-refractivity contribution >= 4 is 22.2 Å². The molecule has 126 valence electrons. The third-order valence-electron chi connectivity index (χ3n) is 3.70. The van der Waals surface area contributed by atoms with Crippen LogP contribution in [-0.2, 0) is 26.3 Å². The molecule has 1 amide bonds. The molecule has 2 atom stereocenters. The number of hydrogen-bond acceptors (Lipinski definition) is 4. The zero-order valence-corrected chi connectivity index (χ0v) is 13.1. The first-order chi connectivity index (χ1) is 10.8. The molecule has 1 aromatic rings. The summed E-state index contributed by atoms with van der Waals surface area (Å²) in [5.41, 5.74) is 0.734. The number of nitrogens with one attached hydrogen (secondary N) is 1. The molecule has 1 aliphatic heterocycles. The van der Waals surface area contributed by atoms with Crippen LogP contribution in [0, 0.1) is 0 Å². The molecule has 0 spiro atoms. The van der Waals surface area contributed by atoms with Gasteiger partial charge in [0.25, 0.3) is 0 Å². The van der Waals surface area contributed by atoms with E-state index in [4.69, 9.17) is 4.55 Å². The van der Waals surface area contributed by atoms with Gasteiger partial charge >= 0.3 is 16.3 Å². The van der Waals surface area contributed by atoms with Gasteiger partial charge in [-0.25, -0.2) is 4.79 Å². The average molecular weight is 342 g/mol. The van der Waals surface area contributed by atoms with Gasteiger partial charge < -0.3 is 10.4 Å². The molecule has 0 radical (unpaired) electrons. The van der Waals surface area contributed by atoms with Crippen molar-refractivity contribution in [2.45, 2.75) is 31.3 Å². The highest BCUT2D eigenvalue weighted by molar-refractivity contribution is 7.83. The van der Waals surface area contributed by atoms with E-state index in [2.05, 4.69) is 5.32 Å². The molecule has 0 saturated carbocycles. The van der Waals surface area contributed by atoms with Gasteiger partial charge in [-0.2, -0.15) is 12.7 Å². The molecule has 0 aliphatic carbocycles. The lowest BCUT2D eigenvalue weighted by Gasteiger charge is -2.22. The van der Waals surface area contributed by atoms with Crippen LogP contribution in [0.15, 0.2) is 30.3 Å². The summed E-state index contributed by atoms with van der Waals surface area (Å²) in [5, 5.41) is 11.6. The van der Waals surface area contributed by atoms with E-state index in [1.807, 2.05) is 0 Å². The molecule has 8 nitrogen and oxygen atoms in total. The number of carboxylic acids is 1. The van der Waals surface area contributed by atoms with Gasteiger partial charge in [0.1, 0.15) is 12.1 Å². The second-order valence-corrected chi connectivity index (χ2v) is 6.70. The minimum atomic E-state index is -4.49. The van der Waals surface area contributed by atoms with Crippen molar-refractivity contribution in [3.05, 3.63) is 35.9 Å². The Morgan fingerprint density at radius 1 is 1.30 bits per heavy atom. The first-order valence-corrected chi connectivity index (χ1v) is 8.50. The summed E-state index contributed by atoms with van der Waals surface area (Å²) in [6.45, 7) is 0.0351. The lowest BCUT2D eigenvalue weighted by Crippen LogP contribution is -2.51. The Bertz CT molecular complexity index is 676. The summed E-state index contributed by atoms with van der Waals surface area (Å²) < 4.78 is 32.3. The maximum Gasteiger partial charge on any atom is 0.336 e. The van der Waals surface area contributed by atoms with Crippen LogP contribution in [0.2, 0.25) is 0 Å². The largest absolute Gasteiger partial charge is 0.480 e.